The molecule has 4 heterocycles. The van der Waals surface area contributed by atoms with Crippen LogP contribution in [0.4, 0.5) is 5.13 Å². The Labute approximate surface area is 110 Å². The Balaban J connectivity index is 1.60. The van der Waals surface area contributed by atoms with Gasteiger partial charge in [0.2, 0.25) is 10.1 Å². The van der Waals surface area contributed by atoms with Crippen molar-refractivity contribution in [2.45, 2.75) is 25.8 Å². The Hall–Kier alpha value is -1.14. The van der Waals surface area contributed by atoms with Crippen LogP contribution in [0.2, 0.25) is 0 Å². The zero-order valence-corrected chi connectivity index (χ0v) is 11.4. The van der Waals surface area contributed by atoms with E-state index in [0.29, 0.717) is 0 Å². The maximum absolute atomic E-state index is 4.65. The van der Waals surface area contributed by atoms with E-state index in [1.807, 2.05) is 17.6 Å². The van der Waals surface area contributed by atoms with Gasteiger partial charge in [-0.15, -0.1) is 5.10 Å². The topological polar surface area (TPSA) is 36.7 Å². The number of anilines is 1. The molecule has 1 unspecified atom stereocenters. The number of aryl methyl sites for hydroxylation is 1. The molecule has 18 heavy (non-hydrogen) atoms. The first-order valence-corrected chi connectivity index (χ1v) is 7.43. The summed E-state index contributed by atoms with van der Waals surface area (Å²) in [6, 6.07) is 0.747. The van der Waals surface area contributed by atoms with Crippen molar-refractivity contribution in [1.82, 2.24) is 19.5 Å². The molecule has 4 rings (SSSR count). The van der Waals surface area contributed by atoms with Crippen LogP contribution in [0.1, 0.15) is 18.5 Å². The van der Waals surface area contributed by atoms with E-state index in [9.17, 15) is 0 Å². The fourth-order valence-corrected chi connectivity index (χ4v) is 4.05. The van der Waals surface area contributed by atoms with Gasteiger partial charge in [-0.1, -0.05) is 11.3 Å². The highest BCUT2D eigenvalue weighted by Gasteiger charge is 2.31. The van der Waals surface area contributed by atoms with Gasteiger partial charge in [0.1, 0.15) is 0 Å². The lowest BCUT2D eigenvalue weighted by Crippen LogP contribution is -2.50. The highest BCUT2D eigenvalue weighted by molar-refractivity contribution is 7.20. The first-order valence-electron chi connectivity index (χ1n) is 6.61. The minimum Gasteiger partial charge on any atom is -0.344 e. The van der Waals surface area contributed by atoms with E-state index in [-0.39, 0.29) is 0 Å². The van der Waals surface area contributed by atoms with E-state index in [1.54, 1.807) is 11.3 Å². The van der Waals surface area contributed by atoms with Gasteiger partial charge in [0, 0.05) is 25.7 Å². The van der Waals surface area contributed by atoms with Crippen LogP contribution in [0.3, 0.4) is 0 Å². The first-order chi connectivity index (χ1) is 8.79. The molecule has 0 spiro atoms. The van der Waals surface area contributed by atoms with E-state index in [4.69, 9.17) is 0 Å². The van der Waals surface area contributed by atoms with E-state index >= 15 is 0 Å². The molecule has 2 fully saturated rings. The van der Waals surface area contributed by atoms with Crippen LogP contribution in [-0.2, 0) is 0 Å². The monoisotopic (exact) mass is 263 g/mol. The van der Waals surface area contributed by atoms with Crippen molar-refractivity contribution in [2.75, 3.05) is 31.1 Å². The van der Waals surface area contributed by atoms with Crippen molar-refractivity contribution in [3.63, 3.8) is 0 Å². The number of rotatable bonds is 1. The summed E-state index contributed by atoms with van der Waals surface area (Å²) in [7, 11) is 0. The maximum Gasteiger partial charge on any atom is 0.214 e. The number of hydrogen-bond donors (Lipinski definition) is 0. The second-order valence-corrected chi connectivity index (χ2v) is 6.21. The minimum absolute atomic E-state index is 0.747. The van der Waals surface area contributed by atoms with E-state index < -0.39 is 0 Å². The number of hydrogen-bond acceptors (Lipinski definition) is 5. The van der Waals surface area contributed by atoms with Crippen molar-refractivity contribution >= 4 is 21.4 Å². The standard InChI is InChI=1S/C12H17N5S/c1-9-7-17-11(13-9)18-12(14-17)16-6-5-15-4-2-3-10(15)8-16/h7,10H,2-6,8H2,1H3. The molecule has 0 bridgehead atoms. The van der Waals surface area contributed by atoms with Crippen molar-refractivity contribution in [3.05, 3.63) is 11.9 Å². The molecule has 0 aromatic carbocycles. The van der Waals surface area contributed by atoms with Crippen LogP contribution >= 0.6 is 11.3 Å². The quantitative estimate of drug-likeness (QED) is 0.779. The molecule has 6 heteroatoms. The average molecular weight is 263 g/mol. The summed E-state index contributed by atoms with van der Waals surface area (Å²) in [4.78, 5) is 10.5. The summed E-state index contributed by atoms with van der Waals surface area (Å²) in [6.07, 6.45) is 4.71. The van der Waals surface area contributed by atoms with Gasteiger partial charge >= 0.3 is 0 Å². The Kier molecular flexibility index (Phi) is 2.35. The Bertz CT molecular complexity index is 543. The molecule has 2 saturated heterocycles. The van der Waals surface area contributed by atoms with Crippen LogP contribution in [-0.4, -0.2) is 51.7 Å². The summed E-state index contributed by atoms with van der Waals surface area (Å²) >= 11 is 1.71. The van der Waals surface area contributed by atoms with Gasteiger partial charge in [0.15, 0.2) is 0 Å². The van der Waals surface area contributed by atoms with Gasteiger partial charge in [-0.25, -0.2) is 9.50 Å². The molecule has 2 aromatic rings. The first kappa shape index (κ1) is 10.8. The molecule has 0 amide bonds. The fourth-order valence-electron chi connectivity index (χ4n) is 3.09. The average Bonchev–Trinajstić information content (AvgIpc) is 3.00. The van der Waals surface area contributed by atoms with E-state index in [1.165, 1.54) is 25.9 Å². The maximum atomic E-state index is 4.65. The predicted octanol–water partition coefficient (Wildman–Crippen LogP) is 1.38. The Morgan fingerprint density at radius 3 is 3.17 bits per heavy atom. The lowest BCUT2D eigenvalue weighted by molar-refractivity contribution is 0.230. The lowest BCUT2D eigenvalue weighted by Gasteiger charge is -2.37. The highest BCUT2D eigenvalue weighted by Crippen LogP contribution is 2.28. The Morgan fingerprint density at radius 2 is 2.28 bits per heavy atom. The fraction of sp³-hybridized carbons (Fsp3) is 0.667. The normalized spacial score (nSPS) is 24.9. The number of aromatic nitrogens is 3. The third-order valence-electron chi connectivity index (χ3n) is 4.01. The summed E-state index contributed by atoms with van der Waals surface area (Å²) in [5, 5.41) is 5.78. The lowest BCUT2D eigenvalue weighted by atomic mass is 10.2. The highest BCUT2D eigenvalue weighted by atomic mass is 32.1. The zero-order valence-electron chi connectivity index (χ0n) is 10.5. The molecule has 0 radical (unpaired) electrons. The number of fused-ring (bicyclic) bond motifs is 2. The van der Waals surface area contributed by atoms with E-state index in [2.05, 4.69) is 19.9 Å². The molecule has 0 N–H and O–H groups in total. The summed E-state index contributed by atoms with van der Waals surface area (Å²) in [5.41, 5.74) is 1.04. The van der Waals surface area contributed by atoms with Gasteiger partial charge in [-0.3, -0.25) is 4.90 Å². The smallest absolute Gasteiger partial charge is 0.214 e. The van der Waals surface area contributed by atoms with Gasteiger partial charge in [-0.2, -0.15) is 0 Å². The zero-order chi connectivity index (χ0) is 12.1. The summed E-state index contributed by atoms with van der Waals surface area (Å²) in [5.74, 6) is 0. The van der Waals surface area contributed by atoms with E-state index in [0.717, 1.165) is 34.9 Å². The summed E-state index contributed by atoms with van der Waals surface area (Å²) < 4.78 is 1.91. The second-order valence-electron chi connectivity index (χ2n) is 5.27. The third-order valence-corrected chi connectivity index (χ3v) is 4.99. The molecular formula is C12H17N5S. The molecule has 5 nitrogen and oxygen atoms in total. The van der Waals surface area contributed by atoms with Gasteiger partial charge < -0.3 is 4.90 Å². The number of piperazine rings is 1. The summed E-state index contributed by atoms with van der Waals surface area (Å²) in [6.45, 7) is 6.73. The van der Waals surface area contributed by atoms with Crippen LogP contribution in [0, 0.1) is 6.92 Å². The van der Waals surface area contributed by atoms with Crippen molar-refractivity contribution in [3.8, 4) is 0 Å². The van der Waals surface area contributed by atoms with Crippen LogP contribution in [0.15, 0.2) is 6.20 Å². The molecule has 1 atom stereocenters. The predicted molar refractivity (Wildman–Crippen MR) is 72.4 cm³/mol. The van der Waals surface area contributed by atoms with Gasteiger partial charge in [0.25, 0.3) is 0 Å². The Morgan fingerprint density at radius 1 is 1.33 bits per heavy atom. The van der Waals surface area contributed by atoms with Crippen LogP contribution in [0.25, 0.3) is 4.96 Å². The molecule has 2 aliphatic heterocycles. The number of imidazole rings is 1. The third kappa shape index (κ3) is 1.63. The van der Waals surface area contributed by atoms with Crippen LogP contribution in [0.5, 0.6) is 0 Å². The molecule has 2 aromatic heterocycles. The van der Waals surface area contributed by atoms with Crippen molar-refractivity contribution in [1.29, 1.82) is 0 Å². The van der Waals surface area contributed by atoms with Crippen molar-refractivity contribution in [2.24, 2.45) is 0 Å². The van der Waals surface area contributed by atoms with Gasteiger partial charge in [-0.05, 0) is 26.3 Å². The second kappa shape index (κ2) is 3.93. The SMILES string of the molecule is Cc1cn2nc(N3CCN4CCCC4C3)sc2n1. The van der Waals surface area contributed by atoms with Gasteiger partial charge in [0.05, 0.1) is 11.9 Å². The molecule has 0 saturated carbocycles. The molecule has 0 aliphatic carbocycles. The van der Waals surface area contributed by atoms with Crippen LogP contribution < -0.4 is 4.90 Å². The molecule has 96 valence electrons. The largest absolute Gasteiger partial charge is 0.344 e. The molecular weight excluding hydrogens is 246 g/mol. The molecule has 2 aliphatic rings. The van der Waals surface area contributed by atoms with Crippen molar-refractivity contribution < 1.29 is 0 Å². The number of nitrogens with zero attached hydrogens (tertiary/aromatic N) is 5. The minimum atomic E-state index is 0.747.